The molecular formula is C13H11Cl2N3O2S2. The SMILES string of the molecule is CN(C)c1ccc(C#N)c(NS(=O)(=O)c2cc(Cl)sc2Cl)c1. The third kappa shape index (κ3) is 3.47. The zero-order valence-corrected chi connectivity index (χ0v) is 14.7. The Labute approximate surface area is 142 Å². The lowest BCUT2D eigenvalue weighted by Gasteiger charge is -2.15. The summed E-state index contributed by atoms with van der Waals surface area (Å²) in [5.74, 6) is 0. The highest BCUT2D eigenvalue weighted by Crippen LogP contribution is 2.35. The highest BCUT2D eigenvalue weighted by Gasteiger charge is 2.22. The molecule has 1 aromatic carbocycles. The number of benzene rings is 1. The van der Waals surface area contributed by atoms with E-state index in [2.05, 4.69) is 4.72 Å². The van der Waals surface area contributed by atoms with Crippen LogP contribution in [0.15, 0.2) is 29.2 Å². The normalized spacial score (nSPS) is 11.0. The van der Waals surface area contributed by atoms with Crippen molar-refractivity contribution in [1.82, 2.24) is 0 Å². The maximum Gasteiger partial charge on any atom is 0.264 e. The molecule has 1 N–H and O–H groups in total. The van der Waals surface area contributed by atoms with Gasteiger partial charge in [0, 0.05) is 19.8 Å². The topological polar surface area (TPSA) is 73.2 Å². The van der Waals surface area contributed by atoms with Crippen molar-refractivity contribution in [3.8, 4) is 6.07 Å². The van der Waals surface area contributed by atoms with Crippen LogP contribution in [0.25, 0.3) is 0 Å². The van der Waals surface area contributed by atoms with Gasteiger partial charge in [-0.25, -0.2) is 8.42 Å². The maximum absolute atomic E-state index is 12.4. The molecule has 9 heteroatoms. The van der Waals surface area contributed by atoms with Crippen LogP contribution >= 0.6 is 34.5 Å². The van der Waals surface area contributed by atoms with Gasteiger partial charge in [0.2, 0.25) is 0 Å². The van der Waals surface area contributed by atoms with Gasteiger partial charge in [-0.3, -0.25) is 4.72 Å². The Morgan fingerprint density at radius 3 is 2.45 bits per heavy atom. The number of anilines is 2. The Hall–Kier alpha value is -1.46. The first-order valence-corrected chi connectivity index (χ1v) is 8.99. The van der Waals surface area contributed by atoms with Gasteiger partial charge in [0.1, 0.15) is 15.3 Å². The molecule has 0 radical (unpaired) electrons. The number of rotatable bonds is 4. The van der Waals surface area contributed by atoms with Gasteiger partial charge in [-0.2, -0.15) is 5.26 Å². The molecule has 5 nitrogen and oxygen atoms in total. The average Bonchev–Trinajstić information content (AvgIpc) is 2.78. The molecule has 2 aromatic rings. The third-order valence-corrected chi connectivity index (χ3v) is 5.92. The molecule has 116 valence electrons. The summed E-state index contributed by atoms with van der Waals surface area (Å²) in [6.45, 7) is 0. The molecule has 0 fully saturated rings. The van der Waals surface area contributed by atoms with Crippen LogP contribution in [0.4, 0.5) is 11.4 Å². The lowest BCUT2D eigenvalue weighted by atomic mass is 10.2. The summed E-state index contributed by atoms with van der Waals surface area (Å²) < 4.78 is 27.6. The molecule has 1 heterocycles. The second-order valence-corrected chi connectivity index (χ2v) is 8.47. The van der Waals surface area contributed by atoms with Crippen molar-refractivity contribution < 1.29 is 8.42 Å². The quantitative estimate of drug-likeness (QED) is 0.881. The number of thiophene rings is 1. The van der Waals surface area contributed by atoms with Gasteiger partial charge in [-0.05, 0) is 24.3 Å². The first-order chi connectivity index (χ1) is 10.2. The molecule has 0 amide bonds. The zero-order valence-electron chi connectivity index (χ0n) is 11.6. The van der Waals surface area contributed by atoms with Crippen LogP contribution in [0.3, 0.4) is 0 Å². The van der Waals surface area contributed by atoms with Gasteiger partial charge in [0.15, 0.2) is 0 Å². The van der Waals surface area contributed by atoms with E-state index < -0.39 is 10.0 Å². The Bertz CT molecular complexity index is 855. The molecule has 2 rings (SSSR count). The summed E-state index contributed by atoms with van der Waals surface area (Å²) in [6.07, 6.45) is 0. The van der Waals surface area contributed by atoms with Crippen molar-refractivity contribution in [2.24, 2.45) is 0 Å². The van der Waals surface area contributed by atoms with Crippen LogP contribution in [-0.4, -0.2) is 22.5 Å². The summed E-state index contributed by atoms with van der Waals surface area (Å²) in [5.41, 5.74) is 1.16. The fourth-order valence-corrected chi connectivity index (χ4v) is 4.92. The largest absolute Gasteiger partial charge is 0.378 e. The Balaban J connectivity index is 2.47. The van der Waals surface area contributed by atoms with E-state index in [4.69, 9.17) is 28.5 Å². The Morgan fingerprint density at radius 2 is 1.95 bits per heavy atom. The smallest absolute Gasteiger partial charge is 0.264 e. The Morgan fingerprint density at radius 1 is 1.27 bits per heavy atom. The van der Waals surface area contributed by atoms with Crippen molar-refractivity contribution in [2.45, 2.75) is 4.90 Å². The number of nitrogens with zero attached hydrogens (tertiary/aromatic N) is 2. The van der Waals surface area contributed by atoms with Gasteiger partial charge in [0.25, 0.3) is 10.0 Å². The molecule has 0 spiro atoms. The number of hydrogen-bond acceptors (Lipinski definition) is 5. The van der Waals surface area contributed by atoms with E-state index in [9.17, 15) is 8.42 Å². The van der Waals surface area contributed by atoms with E-state index in [1.807, 2.05) is 20.2 Å². The maximum atomic E-state index is 12.4. The van der Waals surface area contributed by atoms with Crippen molar-refractivity contribution in [3.63, 3.8) is 0 Å². The summed E-state index contributed by atoms with van der Waals surface area (Å²) in [7, 11) is -0.295. The molecule has 22 heavy (non-hydrogen) atoms. The van der Waals surface area contributed by atoms with Gasteiger partial charge >= 0.3 is 0 Å². The van der Waals surface area contributed by atoms with Crippen LogP contribution < -0.4 is 9.62 Å². The van der Waals surface area contributed by atoms with E-state index >= 15 is 0 Å². The fraction of sp³-hybridized carbons (Fsp3) is 0.154. The monoisotopic (exact) mass is 375 g/mol. The number of halogens is 2. The summed E-state index contributed by atoms with van der Waals surface area (Å²) in [4.78, 5) is 1.69. The van der Waals surface area contributed by atoms with Crippen LogP contribution in [0.1, 0.15) is 5.56 Å². The minimum Gasteiger partial charge on any atom is -0.378 e. The Kier molecular flexibility index (Phi) is 4.87. The molecule has 0 bridgehead atoms. The molecule has 0 aliphatic carbocycles. The minimum atomic E-state index is -3.92. The van der Waals surface area contributed by atoms with Crippen LogP contribution in [0.2, 0.25) is 8.67 Å². The summed E-state index contributed by atoms with van der Waals surface area (Å²) >= 11 is 12.6. The van der Waals surface area contributed by atoms with Crippen LogP contribution in [0.5, 0.6) is 0 Å². The average molecular weight is 376 g/mol. The van der Waals surface area contributed by atoms with Gasteiger partial charge < -0.3 is 4.90 Å². The molecule has 0 atom stereocenters. The number of hydrogen-bond donors (Lipinski definition) is 1. The van der Waals surface area contributed by atoms with Crippen molar-refractivity contribution in [2.75, 3.05) is 23.7 Å². The highest BCUT2D eigenvalue weighted by atomic mass is 35.5. The van der Waals surface area contributed by atoms with Crippen molar-refractivity contribution in [1.29, 1.82) is 5.26 Å². The van der Waals surface area contributed by atoms with E-state index in [1.54, 1.807) is 23.1 Å². The second kappa shape index (κ2) is 6.34. The zero-order chi connectivity index (χ0) is 16.5. The van der Waals surface area contributed by atoms with Crippen LogP contribution in [-0.2, 0) is 10.0 Å². The van der Waals surface area contributed by atoms with Crippen molar-refractivity contribution in [3.05, 3.63) is 38.5 Å². The molecule has 0 aliphatic heterocycles. The molecule has 1 aromatic heterocycles. The molecule has 0 saturated heterocycles. The highest BCUT2D eigenvalue weighted by molar-refractivity contribution is 7.93. The molecular weight excluding hydrogens is 365 g/mol. The van der Waals surface area contributed by atoms with Crippen molar-refractivity contribution >= 4 is 55.9 Å². The lowest BCUT2D eigenvalue weighted by molar-refractivity contribution is 0.601. The van der Waals surface area contributed by atoms with E-state index in [0.717, 1.165) is 17.0 Å². The third-order valence-electron chi connectivity index (χ3n) is 2.80. The summed E-state index contributed by atoms with van der Waals surface area (Å²) in [5, 5.41) is 9.13. The standard InChI is InChI=1S/C13H11Cl2N3O2S2/c1-18(2)9-4-3-8(7-16)10(5-9)17-22(19,20)11-6-12(14)21-13(11)15/h3-6,17H,1-2H3. The summed E-state index contributed by atoms with van der Waals surface area (Å²) in [6, 6.07) is 8.09. The first-order valence-electron chi connectivity index (χ1n) is 5.93. The molecule has 0 saturated carbocycles. The number of nitriles is 1. The first kappa shape index (κ1) is 16.9. The van der Waals surface area contributed by atoms with Crippen LogP contribution in [0, 0.1) is 11.3 Å². The van der Waals surface area contributed by atoms with Gasteiger partial charge in [-0.1, -0.05) is 23.2 Å². The van der Waals surface area contributed by atoms with Gasteiger partial charge in [-0.15, -0.1) is 11.3 Å². The molecule has 0 unspecified atom stereocenters. The molecule has 0 aliphatic rings. The van der Waals surface area contributed by atoms with E-state index in [1.165, 1.54) is 6.07 Å². The lowest BCUT2D eigenvalue weighted by Crippen LogP contribution is -2.15. The van der Waals surface area contributed by atoms with Gasteiger partial charge in [0.05, 0.1) is 15.6 Å². The van der Waals surface area contributed by atoms with E-state index in [0.29, 0.717) is 0 Å². The predicted molar refractivity (Wildman–Crippen MR) is 90.6 cm³/mol. The fourth-order valence-electron chi connectivity index (χ4n) is 1.70. The number of nitrogens with one attached hydrogen (secondary N) is 1. The second-order valence-electron chi connectivity index (χ2n) is 4.53. The van der Waals surface area contributed by atoms with E-state index in [-0.39, 0.29) is 24.8 Å². The number of sulfonamides is 1. The predicted octanol–water partition coefficient (Wildman–Crippen LogP) is 3.79. The minimum absolute atomic E-state index is 0.0692.